The normalized spacial score (nSPS) is 11.0. The number of non-ortho nitro benzene ring substituents is 1. The number of halogens is 1. The van der Waals surface area contributed by atoms with Crippen LogP contribution in [0.3, 0.4) is 0 Å². The molecule has 0 aliphatic carbocycles. The van der Waals surface area contributed by atoms with Gasteiger partial charge in [-0.3, -0.25) is 34.1 Å². The molecule has 0 fully saturated rings. The van der Waals surface area contributed by atoms with Gasteiger partial charge in [-0.1, -0.05) is 12.1 Å². The summed E-state index contributed by atoms with van der Waals surface area (Å²) in [6, 6.07) is 15.6. The molecule has 5 N–H and O–H groups in total. The van der Waals surface area contributed by atoms with Crippen LogP contribution in [0, 0.1) is 10.1 Å². The van der Waals surface area contributed by atoms with Crippen molar-refractivity contribution < 1.29 is 43.1 Å². The largest absolute Gasteiger partial charge is 0.497 e. The lowest BCUT2D eigenvalue weighted by atomic mass is 9.97. The van der Waals surface area contributed by atoms with E-state index in [9.17, 15) is 34.1 Å². The molecule has 51 heavy (non-hydrogen) atoms. The molecule has 5 amide bonds. The predicted octanol–water partition coefficient (Wildman–Crippen LogP) is 3.14. The predicted molar refractivity (Wildman–Crippen MR) is 189 cm³/mol. The van der Waals surface area contributed by atoms with Gasteiger partial charge in [0.2, 0.25) is 29.5 Å². The summed E-state index contributed by atoms with van der Waals surface area (Å²) < 4.78 is 16.4. The number of carbonyl (C=O) groups is 5. The third kappa shape index (κ3) is 12.9. The smallest absolute Gasteiger partial charge is 0.270 e. The highest BCUT2D eigenvalue weighted by Crippen LogP contribution is 2.34. The minimum atomic E-state index is -0.647. The molecule has 0 aliphatic heterocycles. The van der Waals surface area contributed by atoms with E-state index in [0.29, 0.717) is 45.8 Å². The van der Waals surface area contributed by atoms with Crippen LogP contribution in [0.1, 0.15) is 42.9 Å². The van der Waals surface area contributed by atoms with Gasteiger partial charge in [0.05, 0.1) is 57.6 Å². The topological polar surface area (TPSA) is 216 Å². The van der Waals surface area contributed by atoms with Crippen molar-refractivity contribution in [1.29, 1.82) is 0 Å². The lowest BCUT2D eigenvalue weighted by Crippen LogP contribution is -2.44. The zero-order valence-electron chi connectivity index (χ0n) is 28.2. The molecule has 16 nitrogen and oxygen atoms in total. The van der Waals surface area contributed by atoms with E-state index in [1.807, 2.05) is 0 Å². The van der Waals surface area contributed by atoms with Crippen molar-refractivity contribution >= 4 is 56.8 Å². The van der Waals surface area contributed by atoms with Gasteiger partial charge >= 0.3 is 0 Å². The van der Waals surface area contributed by atoms with Gasteiger partial charge in [-0.15, -0.1) is 0 Å². The summed E-state index contributed by atoms with van der Waals surface area (Å²) in [4.78, 5) is 72.1. The SMILES string of the molecule is COc1ccc(C(NC(=O)CNC(=O)CNC(=O)CNC(=O)CCCCC(=O)Nc2ccc([N+](=O)[O-])cc2Br)c2ccc(OC)cc2OC)cc1. The molecule has 0 saturated carbocycles. The summed E-state index contributed by atoms with van der Waals surface area (Å²) >= 11 is 3.19. The third-order valence-corrected chi connectivity index (χ3v) is 8.00. The lowest BCUT2D eigenvalue weighted by Gasteiger charge is -2.23. The Bertz CT molecular complexity index is 1720. The fraction of sp³-hybridized carbons (Fsp3) is 0.324. The van der Waals surface area contributed by atoms with E-state index in [0.717, 1.165) is 5.56 Å². The molecule has 1 unspecified atom stereocenters. The maximum Gasteiger partial charge on any atom is 0.270 e. The number of unbranched alkanes of at least 4 members (excludes halogenated alkanes) is 1. The second-order valence-corrected chi connectivity index (χ2v) is 11.7. The number of rotatable bonds is 19. The number of nitro groups is 1. The molecule has 0 aliphatic rings. The third-order valence-electron chi connectivity index (χ3n) is 7.34. The van der Waals surface area contributed by atoms with Gasteiger partial charge in [-0.05, 0) is 64.7 Å². The number of nitrogens with zero attached hydrogens (tertiary/aromatic N) is 1. The van der Waals surface area contributed by atoms with Crippen molar-refractivity contribution in [1.82, 2.24) is 21.3 Å². The number of nitrogens with one attached hydrogen (secondary N) is 5. The maximum absolute atomic E-state index is 12.9. The number of methoxy groups -OCH3 is 3. The van der Waals surface area contributed by atoms with Crippen LogP contribution in [0.5, 0.6) is 17.2 Å². The number of hydrogen-bond acceptors (Lipinski definition) is 10. The quantitative estimate of drug-likeness (QED) is 0.0682. The van der Waals surface area contributed by atoms with Gasteiger partial charge in [0, 0.05) is 41.1 Å². The zero-order valence-corrected chi connectivity index (χ0v) is 29.8. The van der Waals surface area contributed by atoms with Crippen LogP contribution in [0.15, 0.2) is 65.1 Å². The van der Waals surface area contributed by atoms with E-state index in [2.05, 4.69) is 42.5 Å². The molecule has 0 spiro atoms. The number of carbonyl (C=O) groups excluding carboxylic acids is 5. The Hall–Kier alpha value is -5.71. The minimum Gasteiger partial charge on any atom is -0.497 e. The Morgan fingerprint density at radius 3 is 1.84 bits per heavy atom. The molecule has 0 saturated heterocycles. The van der Waals surface area contributed by atoms with Crippen molar-refractivity contribution in [3.8, 4) is 17.2 Å². The van der Waals surface area contributed by atoms with Crippen molar-refractivity contribution in [3.05, 3.63) is 86.4 Å². The Labute approximate surface area is 302 Å². The van der Waals surface area contributed by atoms with E-state index in [4.69, 9.17) is 14.2 Å². The van der Waals surface area contributed by atoms with Crippen molar-refractivity contribution in [2.24, 2.45) is 0 Å². The van der Waals surface area contributed by atoms with Gasteiger partial charge in [-0.25, -0.2) is 0 Å². The Morgan fingerprint density at radius 1 is 0.706 bits per heavy atom. The number of hydrogen-bond donors (Lipinski definition) is 5. The Balaban J connectivity index is 1.37. The van der Waals surface area contributed by atoms with Crippen molar-refractivity contribution in [2.75, 3.05) is 46.3 Å². The van der Waals surface area contributed by atoms with Gasteiger partial charge in [0.1, 0.15) is 17.2 Å². The second-order valence-electron chi connectivity index (χ2n) is 10.9. The van der Waals surface area contributed by atoms with Gasteiger partial charge in [0.25, 0.3) is 5.69 Å². The summed E-state index contributed by atoms with van der Waals surface area (Å²) in [6.45, 7) is -1.16. The number of benzene rings is 3. The van der Waals surface area contributed by atoms with Gasteiger partial charge < -0.3 is 40.8 Å². The molecule has 3 aromatic carbocycles. The summed E-state index contributed by atoms with van der Waals surface area (Å²) in [7, 11) is 4.58. The van der Waals surface area contributed by atoms with Crippen LogP contribution in [0.25, 0.3) is 0 Å². The maximum atomic E-state index is 12.9. The summed E-state index contributed by atoms with van der Waals surface area (Å²) in [5.74, 6) is -0.786. The van der Waals surface area contributed by atoms with E-state index in [1.165, 1.54) is 32.4 Å². The molecule has 3 rings (SSSR count). The van der Waals surface area contributed by atoms with Crippen LogP contribution in [0.2, 0.25) is 0 Å². The molecular weight excluding hydrogens is 732 g/mol. The van der Waals surface area contributed by atoms with E-state index < -0.39 is 41.1 Å². The molecule has 17 heteroatoms. The lowest BCUT2D eigenvalue weighted by molar-refractivity contribution is -0.384. The summed E-state index contributed by atoms with van der Waals surface area (Å²) in [6.07, 6.45) is 0.940. The van der Waals surface area contributed by atoms with Gasteiger partial charge in [-0.2, -0.15) is 0 Å². The molecule has 0 bridgehead atoms. The molecule has 0 heterocycles. The summed E-state index contributed by atoms with van der Waals surface area (Å²) in [5.41, 5.74) is 1.64. The zero-order chi connectivity index (χ0) is 37.3. The van der Waals surface area contributed by atoms with Crippen LogP contribution in [0.4, 0.5) is 11.4 Å². The van der Waals surface area contributed by atoms with Crippen molar-refractivity contribution in [2.45, 2.75) is 31.7 Å². The highest BCUT2D eigenvalue weighted by atomic mass is 79.9. The number of amides is 5. The fourth-order valence-corrected chi connectivity index (χ4v) is 5.12. The van der Waals surface area contributed by atoms with E-state index in [1.54, 1.807) is 49.6 Å². The fourth-order valence-electron chi connectivity index (χ4n) is 4.66. The highest BCUT2D eigenvalue weighted by Gasteiger charge is 2.22. The number of nitro benzene ring substituents is 1. The standard InChI is InChI=1S/C34H39BrN6O10/c1-49-23-11-8-21(9-12-23)34(25-14-13-24(50-2)17-28(25)51-3)40-33(46)20-38-32(45)19-37-31(44)18-36-29(42)6-4-5-7-30(43)39-27-15-10-22(41(47)48)16-26(27)35/h8-17,34H,4-7,18-20H2,1-3H3,(H,36,42)(H,37,44)(H,38,45)(H,39,43)(H,40,46). The first-order valence-electron chi connectivity index (χ1n) is 15.6. The highest BCUT2D eigenvalue weighted by molar-refractivity contribution is 9.10. The Kier molecular flexibility index (Phi) is 15.6. The average molecular weight is 772 g/mol. The first kappa shape index (κ1) is 39.7. The minimum absolute atomic E-state index is 0.0668. The molecular formula is C34H39BrN6O10. The second kappa shape index (κ2) is 20.1. The van der Waals surface area contributed by atoms with Crippen LogP contribution >= 0.6 is 15.9 Å². The molecule has 1 atom stereocenters. The van der Waals surface area contributed by atoms with Gasteiger partial charge in [0.15, 0.2) is 0 Å². The van der Waals surface area contributed by atoms with E-state index in [-0.39, 0.29) is 37.5 Å². The molecule has 0 radical (unpaired) electrons. The average Bonchev–Trinajstić information content (AvgIpc) is 3.13. The monoisotopic (exact) mass is 770 g/mol. The molecule has 272 valence electrons. The first-order valence-corrected chi connectivity index (χ1v) is 16.4. The summed E-state index contributed by atoms with van der Waals surface area (Å²) in [5, 5.41) is 23.7. The van der Waals surface area contributed by atoms with Crippen molar-refractivity contribution in [3.63, 3.8) is 0 Å². The number of ether oxygens (including phenoxy) is 3. The Morgan fingerprint density at radius 2 is 1.27 bits per heavy atom. The van der Waals surface area contributed by atoms with Crippen LogP contribution < -0.4 is 40.8 Å². The number of anilines is 1. The molecule has 0 aromatic heterocycles. The van der Waals surface area contributed by atoms with Crippen LogP contribution in [-0.2, 0) is 24.0 Å². The molecule has 3 aromatic rings. The van der Waals surface area contributed by atoms with E-state index >= 15 is 0 Å². The van der Waals surface area contributed by atoms with Crippen LogP contribution in [-0.4, -0.2) is 75.4 Å². The first-order chi connectivity index (χ1) is 24.4.